The lowest BCUT2D eigenvalue weighted by molar-refractivity contribution is 0.298. The number of aliphatic hydroxyl groups is 1. The number of aromatic nitrogens is 2. The molecule has 0 saturated carbocycles. The van der Waals surface area contributed by atoms with Crippen LogP contribution in [-0.4, -0.2) is 41.7 Å². The summed E-state index contributed by atoms with van der Waals surface area (Å²) in [5.74, 6) is 1.17. The van der Waals surface area contributed by atoms with Gasteiger partial charge in [-0.15, -0.1) is 0 Å². The van der Waals surface area contributed by atoms with Crippen LogP contribution in [0.1, 0.15) is 18.1 Å². The molecule has 2 aromatic rings. The van der Waals surface area contributed by atoms with Crippen molar-refractivity contribution in [2.75, 3.05) is 31.7 Å². The molecule has 1 aromatic heterocycles. The number of ether oxygens (including phenoxy) is 1. The molecule has 0 bridgehead atoms. The van der Waals surface area contributed by atoms with Crippen molar-refractivity contribution in [2.45, 2.75) is 19.9 Å². The van der Waals surface area contributed by atoms with Crippen molar-refractivity contribution in [2.24, 2.45) is 5.92 Å². The summed E-state index contributed by atoms with van der Waals surface area (Å²) >= 11 is 0. The number of β-amino-alcohol motifs (C(OH)–C–C–N with tert-alkyl or cyclic N) is 1. The first-order valence-corrected chi connectivity index (χ1v) is 8.20. The Kier molecular flexibility index (Phi) is 4.85. The maximum absolute atomic E-state index is 12.8. The average molecular weight is 329 g/mol. The van der Waals surface area contributed by atoms with Crippen molar-refractivity contribution >= 4 is 5.69 Å². The summed E-state index contributed by atoms with van der Waals surface area (Å²) in [5.41, 5.74) is 2.61. The Morgan fingerprint density at radius 3 is 2.75 bits per heavy atom. The zero-order chi connectivity index (χ0) is 17.1. The lowest BCUT2D eigenvalue weighted by Gasteiger charge is -2.33. The molecule has 1 aliphatic rings. The van der Waals surface area contributed by atoms with Gasteiger partial charge in [-0.25, -0.2) is 4.68 Å². The summed E-state index contributed by atoms with van der Waals surface area (Å²) in [7, 11) is 1.63. The van der Waals surface area contributed by atoms with Crippen LogP contribution in [0.5, 0.6) is 5.75 Å². The first kappa shape index (κ1) is 16.5. The predicted molar refractivity (Wildman–Crippen MR) is 92.8 cm³/mol. The quantitative estimate of drug-likeness (QED) is 0.895. The second kappa shape index (κ2) is 7.05. The minimum atomic E-state index is -0.0437. The van der Waals surface area contributed by atoms with Gasteiger partial charge >= 0.3 is 0 Å². The third kappa shape index (κ3) is 3.28. The molecule has 1 atom stereocenters. The van der Waals surface area contributed by atoms with E-state index in [2.05, 4.69) is 16.9 Å². The molecule has 0 spiro atoms. The molecule has 2 heterocycles. The smallest absolute Gasteiger partial charge is 0.272 e. The second-order valence-corrected chi connectivity index (χ2v) is 6.30. The molecule has 3 rings (SSSR count). The third-order valence-electron chi connectivity index (χ3n) is 4.41. The van der Waals surface area contributed by atoms with Crippen LogP contribution in [0, 0.1) is 5.92 Å². The number of hydrogen-bond acceptors (Lipinski definition) is 5. The van der Waals surface area contributed by atoms with E-state index in [4.69, 9.17) is 4.74 Å². The maximum Gasteiger partial charge on any atom is 0.272 e. The van der Waals surface area contributed by atoms with Gasteiger partial charge in [0, 0.05) is 18.7 Å². The van der Waals surface area contributed by atoms with Crippen LogP contribution in [0.3, 0.4) is 0 Å². The monoisotopic (exact) mass is 329 g/mol. The summed E-state index contributed by atoms with van der Waals surface area (Å²) in [6, 6.07) is 7.63. The minimum Gasteiger partial charge on any atom is -0.497 e. The highest BCUT2D eigenvalue weighted by molar-refractivity contribution is 5.53. The Hall–Kier alpha value is -2.34. The van der Waals surface area contributed by atoms with Crippen molar-refractivity contribution in [3.63, 3.8) is 0 Å². The van der Waals surface area contributed by atoms with E-state index >= 15 is 0 Å². The fourth-order valence-corrected chi connectivity index (χ4v) is 3.22. The largest absolute Gasteiger partial charge is 0.497 e. The fourth-order valence-electron chi connectivity index (χ4n) is 3.22. The molecule has 0 fully saturated rings. The van der Waals surface area contributed by atoms with Crippen LogP contribution in [-0.2, 0) is 13.0 Å². The van der Waals surface area contributed by atoms with E-state index in [-0.39, 0.29) is 12.2 Å². The number of aliphatic hydroxyl groups excluding tert-OH is 1. The minimum absolute atomic E-state index is 0.0437. The Morgan fingerprint density at radius 1 is 1.33 bits per heavy atom. The SMILES string of the molecule is COc1ccc(Cn2ncc3c(c2=O)CC(C)CN3CCO)cc1. The van der Waals surface area contributed by atoms with E-state index in [0.717, 1.165) is 35.5 Å². The number of rotatable bonds is 5. The van der Waals surface area contributed by atoms with Gasteiger partial charge in [-0.1, -0.05) is 19.1 Å². The Balaban J connectivity index is 1.90. The van der Waals surface area contributed by atoms with Crippen LogP contribution in [0.2, 0.25) is 0 Å². The summed E-state index contributed by atoms with van der Waals surface area (Å²) in [6.45, 7) is 4.00. The molecule has 1 N–H and O–H groups in total. The summed E-state index contributed by atoms with van der Waals surface area (Å²) in [6.07, 6.45) is 2.50. The molecule has 0 aliphatic carbocycles. The lowest BCUT2D eigenvalue weighted by Crippen LogP contribution is -2.41. The number of anilines is 1. The molecule has 1 aliphatic heterocycles. The normalized spacial score (nSPS) is 16.8. The van der Waals surface area contributed by atoms with E-state index in [1.165, 1.54) is 4.68 Å². The summed E-state index contributed by atoms with van der Waals surface area (Å²) < 4.78 is 6.66. The van der Waals surface area contributed by atoms with Crippen molar-refractivity contribution in [3.05, 3.63) is 51.9 Å². The molecule has 24 heavy (non-hydrogen) atoms. The van der Waals surface area contributed by atoms with Crippen molar-refractivity contribution in [3.8, 4) is 5.75 Å². The van der Waals surface area contributed by atoms with Gasteiger partial charge in [0.25, 0.3) is 5.56 Å². The Labute approximate surface area is 141 Å². The number of hydrogen-bond donors (Lipinski definition) is 1. The van der Waals surface area contributed by atoms with E-state index in [1.54, 1.807) is 13.3 Å². The standard InChI is InChI=1S/C18H23N3O3/c1-13-9-16-17(20(11-13)7-8-22)10-19-21(18(16)23)12-14-3-5-15(24-2)6-4-14/h3-6,10,13,22H,7-9,11-12H2,1-2H3. The van der Waals surface area contributed by atoms with Gasteiger partial charge in [-0.3, -0.25) is 4.79 Å². The fraction of sp³-hybridized carbons (Fsp3) is 0.444. The lowest BCUT2D eigenvalue weighted by atomic mass is 9.95. The van der Waals surface area contributed by atoms with E-state index in [0.29, 0.717) is 19.0 Å². The molecule has 1 unspecified atom stereocenters. The van der Waals surface area contributed by atoms with Crippen molar-refractivity contribution in [1.29, 1.82) is 0 Å². The first-order chi connectivity index (χ1) is 11.6. The zero-order valence-corrected chi connectivity index (χ0v) is 14.1. The summed E-state index contributed by atoms with van der Waals surface area (Å²) in [4.78, 5) is 14.9. The van der Waals surface area contributed by atoms with E-state index in [1.807, 2.05) is 24.3 Å². The van der Waals surface area contributed by atoms with Gasteiger partial charge in [-0.2, -0.15) is 5.10 Å². The number of fused-ring (bicyclic) bond motifs is 1. The zero-order valence-electron chi connectivity index (χ0n) is 14.1. The Bertz CT molecular complexity index is 755. The van der Waals surface area contributed by atoms with Gasteiger partial charge in [0.15, 0.2) is 0 Å². The molecule has 128 valence electrons. The molecule has 1 aromatic carbocycles. The average Bonchev–Trinajstić information content (AvgIpc) is 2.59. The topological polar surface area (TPSA) is 67.6 Å². The number of benzene rings is 1. The highest BCUT2D eigenvalue weighted by Crippen LogP contribution is 2.26. The van der Waals surface area contributed by atoms with Gasteiger partial charge in [-0.05, 0) is 30.0 Å². The van der Waals surface area contributed by atoms with Crippen LogP contribution in [0.15, 0.2) is 35.3 Å². The molecule has 6 heteroatoms. The Morgan fingerprint density at radius 2 is 2.08 bits per heavy atom. The van der Waals surface area contributed by atoms with Gasteiger partial charge in [0.1, 0.15) is 5.75 Å². The van der Waals surface area contributed by atoms with Crippen molar-refractivity contribution in [1.82, 2.24) is 9.78 Å². The van der Waals surface area contributed by atoms with Gasteiger partial charge < -0.3 is 14.7 Å². The van der Waals surface area contributed by atoms with Gasteiger partial charge in [0.2, 0.25) is 0 Å². The molecular formula is C18H23N3O3. The number of nitrogens with zero attached hydrogens (tertiary/aromatic N) is 3. The molecular weight excluding hydrogens is 306 g/mol. The van der Waals surface area contributed by atoms with Crippen LogP contribution in [0.4, 0.5) is 5.69 Å². The first-order valence-electron chi connectivity index (χ1n) is 8.20. The molecule has 0 amide bonds. The van der Waals surface area contributed by atoms with Crippen LogP contribution in [0.25, 0.3) is 0 Å². The summed E-state index contributed by atoms with van der Waals surface area (Å²) in [5, 5.41) is 13.6. The highest BCUT2D eigenvalue weighted by Gasteiger charge is 2.25. The second-order valence-electron chi connectivity index (χ2n) is 6.30. The number of methoxy groups -OCH3 is 1. The van der Waals surface area contributed by atoms with Gasteiger partial charge in [0.05, 0.1) is 32.1 Å². The maximum atomic E-state index is 12.8. The predicted octanol–water partition coefficient (Wildman–Crippen LogP) is 1.29. The molecule has 0 saturated heterocycles. The van der Waals surface area contributed by atoms with Crippen LogP contribution >= 0.6 is 0 Å². The molecule has 0 radical (unpaired) electrons. The van der Waals surface area contributed by atoms with Crippen molar-refractivity contribution < 1.29 is 9.84 Å². The van der Waals surface area contributed by atoms with E-state index < -0.39 is 0 Å². The highest BCUT2D eigenvalue weighted by atomic mass is 16.5. The van der Waals surface area contributed by atoms with E-state index in [9.17, 15) is 9.90 Å². The van der Waals surface area contributed by atoms with Crippen LogP contribution < -0.4 is 15.2 Å². The third-order valence-corrected chi connectivity index (χ3v) is 4.41. The molecule has 6 nitrogen and oxygen atoms in total.